The Labute approximate surface area is 134 Å². The molecule has 1 atom stereocenters. The molecule has 3 nitrogen and oxygen atoms in total. The van der Waals surface area contributed by atoms with Crippen LogP contribution in [0.15, 0.2) is 48.5 Å². The van der Waals surface area contributed by atoms with Crippen LogP contribution in [0.25, 0.3) is 0 Å². The van der Waals surface area contributed by atoms with Crippen LogP contribution in [0.5, 0.6) is 0 Å². The average molecular weight is 311 g/mol. The third-order valence-electron chi connectivity index (χ3n) is 4.03. The Morgan fingerprint density at radius 1 is 1.14 bits per heavy atom. The number of nitriles is 1. The first-order valence-corrected chi connectivity index (χ1v) is 7.63. The van der Waals surface area contributed by atoms with Crippen molar-refractivity contribution in [2.75, 3.05) is 6.54 Å². The van der Waals surface area contributed by atoms with Gasteiger partial charge in [0.15, 0.2) is 0 Å². The Hall–Kier alpha value is -2.31. The van der Waals surface area contributed by atoms with Gasteiger partial charge in [-0.3, -0.25) is 4.79 Å². The highest BCUT2D eigenvalue weighted by Gasteiger charge is 2.30. The fraction of sp³-hybridized carbons (Fsp3) is 0.222. The van der Waals surface area contributed by atoms with Crippen molar-refractivity contribution in [1.29, 1.82) is 5.26 Å². The topological polar surface area (TPSA) is 44.1 Å². The molecule has 1 saturated heterocycles. The van der Waals surface area contributed by atoms with E-state index in [0.717, 1.165) is 24.9 Å². The van der Waals surface area contributed by atoms with Crippen LogP contribution in [0.1, 0.15) is 40.4 Å². The number of hydrogen-bond donors (Lipinski definition) is 0. The van der Waals surface area contributed by atoms with E-state index in [4.69, 9.17) is 16.9 Å². The Morgan fingerprint density at radius 3 is 2.45 bits per heavy atom. The first-order valence-electron chi connectivity index (χ1n) is 7.25. The minimum atomic E-state index is 0.0157. The molecule has 3 rings (SSSR count). The molecule has 110 valence electrons. The third-order valence-corrected chi connectivity index (χ3v) is 4.28. The van der Waals surface area contributed by atoms with Gasteiger partial charge in [-0.15, -0.1) is 0 Å². The summed E-state index contributed by atoms with van der Waals surface area (Å²) in [5, 5.41) is 9.54. The van der Waals surface area contributed by atoms with E-state index in [0.29, 0.717) is 16.1 Å². The zero-order valence-electron chi connectivity index (χ0n) is 12.0. The molecule has 1 amide bonds. The summed E-state index contributed by atoms with van der Waals surface area (Å²) < 4.78 is 0. The van der Waals surface area contributed by atoms with E-state index in [1.165, 1.54) is 0 Å². The number of likely N-dealkylation sites (tertiary alicyclic amines) is 1. The lowest BCUT2D eigenvalue weighted by molar-refractivity contribution is 0.0735. The minimum absolute atomic E-state index is 0.0157. The van der Waals surface area contributed by atoms with Crippen molar-refractivity contribution in [2.24, 2.45) is 0 Å². The van der Waals surface area contributed by atoms with Crippen LogP contribution in [-0.4, -0.2) is 17.4 Å². The van der Waals surface area contributed by atoms with Crippen molar-refractivity contribution in [1.82, 2.24) is 4.90 Å². The van der Waals surface area contributed by atoms with E-state index in [1.807, 2.05) is 29.2 Å². The molecule has 2 aromatic carbocycles. The van der Waals surface area contributed by atoms with E-state index in [1.54, 1.807) is 24.3 Å². The SMILES string of the molecule is N#Cc1ccc(C(=O)N2CCC[C@@H]2c2ccc(Cl)cc2)cc1. The van der Waals surface area contributed by atoms with Crippen LogP contribution in [0.4, 0.5) is 0 Å². The summed E-state index contributed by atoms with van der Waals surface area (Å²) in [4.78, 5) is 14.6. The van der Waals surface area contributed by atoms with Gasteiger partial charge < -0.3 is 4.90 Å². The van der Waals surface area contributed by atoms with Crippen LogP contribution >= 0.6 is 11.6 Å². The van der Waals surface area contributed by atoms with Crippen molar-refractivity contribution >= 4 is 17.5 Å². The maximum Gasteiger partial charge on any atom is 0.254 e. The fourth-order valence-electron chi connectivity index (χ4n) is 2.89. The number of rotatable bonds is 2. The molecule has 1 aliphatic rings. The molecule has 1 heterocycles. The molecule has 22 heavy (non-hydrogen) atoms. The van der Waals surface area contributed by atoms with E-state index in [9.17, 15) is 4.79 Å². The largest absolute Gasteiger partial charge is 0.332 e. The predicted octanol–water partition coefficient (Wildman–Crippen LogP) is 4.19. The summed E-state index contributed by atoms with van der Waals surface area (Å²) in [7, 11) is 0. The summed E-state index contributed by atoms with van der Waals surface area (Å²) in [6, 6.07) is 16.7. The van der Waals surface area contributed by atoms with Crippen LogP contribution < -0.4 is 0 Å². The number of halogens is 1. The lowest BCUT2D eigenvalue weighted by atomic mass is 10.0. The molecular weight excluding hydrogens is 296 g/mol. The Bertz CT molecular complexity index is 716. The number of carbonyl (C=O) groups excluding carboxylic acids is 1. The number of benzene rings is 2. The highest BCUT2D eigenvalue weighted by atomic mass is 35.5. The zero-order chi connectivity index (χ0) is 15.5. The normalized spacial score (nSPS) is 17.3. The minimum Gasteiger partial charge on any atom is -0.332 e. The molecule has 0 bridgehead atoms. The van der Waals surface area contributed by atoms with Gasteiger partial charge in [-0.1, -0.05) is 23.7 Å². The lowest BCUT2D eigenvalue weighted by Crippen LogP contribution is -2.30. The van der Waals surface area contributed by atoms with E-state index in [2.05, 4.69) is 6.07 Å². The van der Waals surface area contributed by atoms with Crippen molar-refractivity contribution in [3.63, 3.8) is 0 Å². The van der Waals surface area contributed by atoms with E-state index < -0.39 is 0 Å². The smallest absolute Gasteiger partial charge is 0.254 e. The highest BCUT2D eigenvalue weighted by Crippen LogP contribution is 2.33. The molecular formula is C18H15ClN2O. The molecule has 4 heteroatoms. The number of amides is 1. The summed E-state index contributed by atoms with van der Waals surface area (Å²) in [5.41, 5.74) is 2.30. The summed E-state index contributed by atoms with van der Waals surface area (Å²) >= 11 is 5.93. The molecule has 1 aliphatic heterocycles. The fourth-order valence-corrected chi connectivity index (χ4v) is 3.02. The predicted molar refractivity (Wildman–Crippen MR) is 85.6 cm³/mol. The van der Waals surface area contributed by atoms with Gasteiger partial charge in [0.2, 0.25) is 0 Å². The van der Waals surface area contributed by atoms with Crippen molar-refractivity contribution in [3.05, 3.63) is 70.2 Å². The molecule has 0 spiro atoms. The summed E-state index contributed by atoms with van der Waals surface area (Å²) in [6.07, 6.45) is 1.96. The van der Waals surface area contributed by atoms with Gasteiger partial charge in [-0.05, 0) is 54.8 Å². The molecule has 2 aromatic rings. The average Bonchev–Trinajstić information content (AvgIpc) is 3.04. The molecule has 0 N–H and O–H groups in total. The highest BCUT2D eigenvalue weighted by molar-refractivity contribution is 6.30. The summed E-state index contributed by atoms with van der Waals surface area (Å²) in [6.45, 7) is 0.756. The molecule has 0 saturated carbocycles. The number of carbonyl (C=O) groups is 1. The molecule has 0 radical (unpaired) electrons. The van der Waals surface area contributed by atoms with Crippen LogP contribution in [0.2, 0.25) is 5.02 Å². The van der Waals surface area contributed by atoms with Gasteiger partial charge in [0.05, 0.1) is 17.7 Å². The number of nitrogens with zero attached hydrogens (tertiary/aromatic N) is 2. The quantitative estimate of drug-likeness (QED) is 0.835. The monoisotopic (exact) mass is 310 g/mol. The van der Waals surface area contributed by atoms with Crippen LogP contribution in [-0.2, 0) is 0 Å². The van der Waals surface area contributed by atoms with Gasteiger partial charge in [-0.25, -0.2) is 0 Å². The number of hydrogen-bond acceptors (Lipinski definition) is 2. The lowest BCUT2D eigenvalue weighted by Gasteiger charge is -2.25. The van der Waals surface area contributed by atoms with Crippen molar-refractivity contribution < 1.29 is 4.79 Å². The molecule has 0 aliphatic carbocycles. The Kier molecular flexibility index (Phi) is 4.13. The second-order valence-corrected chi connectivity index (χ2v) is 5.83. The standard InChI is InChI=1S/C18H15ClN2O/c19-16-9-7-14(8-10-16)17-2-1-11-21(17)18(22)15-5-3-13(12-20)4-6-15/h3-10,17H,1-2,11H2/t17-/m1/s1. The van der Waals surface area contributed by atoms with Gasteiger partial charge in [0.25, 0.3) is 5.91 Å². The second-order valence-electron chi connectivity index (χ2n) is 5.40. The van der Waals surface area contributed by atoms with Crippen molar-refractivity contribution in [2.45, 2.75) is 18.9 Å². The first-order chi connectivity index (χ1) is 10.7. The first kappa shape index (κ1) is 14.6. The van der Waals surface area contributed by atoms with E-state index >= 15 is 0 Å². The second kappa shape index (κ2) is 6.21. The van der Waals surface area contributed by atoms with Gasteiger partial charge in [-0.2, -0.15) is 5.26 Å². The molecule has 0 aromatic heterocycles. The van der Waals surface area contributed by atoms with Gasteiger partial charge in [0.1, 0.15) is 0 Å². The molecule has 1 fully saturated rings. The maximum absolute atomic E-state index is 12.7. The van der Waals surface area contributed by atoms with Gasteiger partial charge >= 0.3 is 0 Å². The zero-order valence-corrected chi connectivity index (χ0v) is 12.8. The van der Waals surface area contributed by atoms with Crippen LogP contribution in [0.3, 0.4) is 0 Å². The summed E-state index contributed by atoms with van der Waals surface area (Å²) in [5.74, 6) is 0.0157. The Balaban J connectivity index is 1.84. The van der Waals surface area contributed by atoms with Crippen LogP contribution in [0, 0.1) is 11.3 Å². The third kappa shape index (κ3) is 2.84. The molecule has 0 unspecified atom stereocenters. The van der Waals surface area contributed by atoms with Gasteiger partial charge in [0, 0.05) is 17.1 Å². The van der Waals surface area contributed by atoms with E-state index in [-0.39, 0.29) is 11.9 Å². The maximum atomic E-state index is 12.7. The van der Waals surface area contributed by atoms with Crippen molar-refractivity contribution in [3.8, 4) is 6.07 Å². The Morgan fingerprint density at radius 2 is 1.82 bits per heavy atom.